The molecule has 1 aliphatic heterocycles. The monoisotopic (exact) mass is 436 g/mol. The van der Waals surface area contributed by atoms with Gasteiger partial charge in [0.05, 0.1) is 23.9 Å². The molecule has 0 bridgehead atoms. The number of para-hydroxylation sites is 2. The maximum atomic E-state index is 12.8. The smallest absolute Gasteiger partial charge is 0.422 e. The van der Waals surface area contributed by atoms with E-state index >= 15 is 0 Å². The number of nitrogens with zero attached hydrogens (tertiary/aromatic N) is 1. The highest BCUT2D eigenvalue weighted by Crippen LogP contribution is 2.34. The van der Waals surface area contributed by atoms with Crippen LogP contribution >= 0.6 is 0 Å². The molecule has 2 aromatic carbocycles. The van der Waals surface area contributed by atoms with Crippen LogP contribution in [0.4, 0.5) is 24.5 Å². The van der Waals surface area contributed by atoms with Crippen LogP contribution in [0.3, 0.4) is 0 Å². The van der Waals surface area contributed by atoms with Crippen molar-refractivity contribution in [2.45, 2.75) is 26.4 Å². The summed E-state index contributed by atoms with van der Waals surface area (Å²) in [6.07, 6.45) is -4.52. The van der Waals surface area contributed by atoms with Crippen molar-refractivity contribution in [2.75, 3.05) is 30.0 Å². The molecular formula is C22H23F3N2O4. The molecule has 1 fully saturated rings. The Kier molecular flexibility index (Phi) is 6.72. The molecule has 31 heavy (non-hydrogen) atoms. The van der Waals surface area contributed by atoms with Gasteiger partial charge in [0.25, 0.3) is 0 Å². The van der Waals surface area contributed by atoms with Gasteiger partial charge in [0, 0.05) is 13.0 Å². The molecule has 1 saturated heterocycles. The van der Waals surface area contributed by atoms with E-state index in [1.54, 1.807) is 37.3 Å². The van der Waals surface area contributed by atoms with E-state index in [9.17, 15) is 22.8 Å². The minimum Gasteiger partial charge on any atom is -0.492 e. The van der Waals surface area contributed by atoms with Crippen LogP contribution in [0.5, 0.6) is 11.5 Å². The van der Waals surface area contributed by atoms with Crippen LogP contribution in [0.1, 0.15) is 18.9 Å². The average Bonchev–Trinajstić information content (AvgIpc) is 3.10. The van der Waals surface area contributed by atoms with E-state index in [4.69, 9.17) is 9.47 Å². The predicted octanol–water partition coefficient (Wildman–Crippen LogP) is 4.33. The molecular weight excluding hydrogens is 413 g/mol. The normalized spacial score (nSPS) is 16.4. The minimum atomic E-state index is -4.50. The number of ether oxygens (including phenoxy) is 2. The van der Waals surface area contributed by atoms with Gasteiger partial charge < -0.3 is 19.7 Å². The molecule has 1 unspecified atom stereocenters. The molecule has 1 N–H and O–H groups in total. The van der Waals surface area contributed by atoms with Crippen molar-refractivity contribution in [1.82, 2.24) is 0 Å². The molecule has 0 saturated carbocycles. The molecule has 9 heteroatoms. The largest absolute Gasteiger partial charge is 0.492 e. The SMILES string of the molecule is CCOc1ccccc1N1CC(C(=O)Nc2ccc(C)cc2OCC(F)(F)F)CC1=O. The summed E-state index contributed by atoms with van der Waals surface area (Å²) in [5, 5.41) is 2.61. The topological polar surface area (TPSA) is 67.9 Å². The predicted molar refractivity (Wildman–Crippen MR) is 109 cm³/mol. The number of anilines is 2. The van der Waals surface area contributed by atoms with Crippen molar-refractivity contribution in [1.29, 1.82) is 0 Å². The van der Waals surface area contributed by atoms with Crippen molar-refractivity contribution < 1.29 is 32.2 Å². The first-order chi connectivity index (χ1) is 14.7. The summed E-state index contributed by atoms with van der Waals surface area (Å²) >= 11 is 0. The van der Waals surface area contributed by atoms with E-state index < -0.39 is 24.6 Å². The number of hydrogen-bond acceptors (Lipinski definition) is 4. The number of rotatable bonds is 7. The van der Waals surface area contributed by atoms with Gasteiger partial charge in [-0.3, -0.25) is 9.59 Å². The molecule has 0 aliphatic carbocycles. The number of nitrogens with one attached hydrogen (secondary N) is 1. The molecule has 2 amide bonds. The number of carbonyl (C=O) groups is 2. The van der Waals surface area contributed by atoms with Gasteiger partial charge in [-0.1, -0.05) is 18.2 Å². The number of hydrogen-bond donors (Lipinski definition) is 1. The third kappa shape index (κ3) is 5.68. The number of carbonyl (C=O) groups excluding carboxylic acids is 2. The van der Waals surface area contributed by atoms with Crippen molar-refractivity contribution in [3.05, 3.63) is 48.0 Å². The summed E-state index contributed by atoms with van der Waals surface area (Å²) in [6.45, 7) is 2.63. The molecule has 6 nitrogen and oxygen atoms in total. The van der Waals surface area contributed by atoms with E-state index in [2.05, 4.69) is 5.32 Å². The summed E-state index contributed by atoms with van der Waals surface area (Å²) in [5.74, 6) is -0.900. The summed E-state index contributed by atoms with van der Waals surface area (Å²) in [4.78, 5) is 26.8. The Hall–Kier alpha value is -3.23. The second-order valence-electron chi connectivity index (χ2n) is 7.20. The second-order valence-corrected chi connectivity index (χ2v) is 7.20. The van der Waals surface area contributed by atoms with E-state index in [1.165, 1.54) is 17.0 Å². The van der Waals surface area contributed by atoms with Crippen LogP contribution in [0, 0.1) is 12.8 Å². The first-order valence-electron chi connectivity index (χ1n) is 9.81. The summed E-state index contributed by atoms with van der Waals surface area (Å²) in [5.41, 5.74) is 1.39. The molecule has 1 atom stereocenters. The van der Waals surface area contributed by atoms with E-state index in [-0.39, 0.29) is 30.3 Å². The Morgan fingerprint density at radius 1 is 1.16 bits per heavy atom. The fourth-order valence-corrected chi connectivity index (χ4v) is 3.32. The van der Waals surface area contributed by atoms with Gasteiger partial charge in [-0.2, -0.15) is 13.2 Å². The number of benzene rings is 2. The van der Waals surface area contributed by atoms with Gasteiger partial charge in [0.2, 0.25) is 11.8 Å². The highest BCUT2D eigenvalue weighted by Gasteiger charge is 2.36. The van der Waals surface area contributed by atoms with Crippen molar-refractivity contribution >= 4 is 23.2 Å². The Balaban J connectivity index is 1.73. The van der Waals surface area contributed by atoms with Gasteiger partial charge >= 0.3 is 6.18 Å². The quantitative estimate of drug-likeness (QED) is 0.702. The Morgan fingerprint density at radius 3 is 2.61 bits per heavy atom. The second kappa shape index (κ2) is 9.28. The number of aryl methyl sites for hydroxylation is 1. The van der Waals surface area contributed by atoms with Crippen LogP contribution in [0.25, 0.3) is 0 Å². The molecule has 3 rings (SSSR count). The van der Waals surface area contributed by atoms with Crippen molar-refractivity contribution in [3.8, 4) is 11.5 Å². The third-order valence-corrected chi connectivity index (χ3v) is 4.74. The molecule has 0 radical (unpaired) electrons. The molecule has 1 heterocycles. The molecule has 1 aliphatic rings. The summed E-state index contributed by atoms with van der Waals surface area (Å²) in [6, 6.07) is 11.6. The van der Waals surface area contributed by atoms with Crippen LogP contribution in [0.2, 0.25) is 0 Å². The van der Waals surface area contributed by atoms with Crippen LogP contribution in [-0.2, 0) is 9.59 Å². The first kappa shape index (κ1) is 22.5. The van der Waals surface area contributed by atoms with E-state index in [1.807, 2.05) is 6.92 Å². The highest BCUT2D eigenvalue weighted by atomic mass is 19.4. The molecule has 2 aromatic rings. The van der Waals surface area contributed by atoms with E-state index in [0.717, 1.165) is 0 Å². The van der Waals surface area contributed by atoms with Crippen molar-refractivity contribution in [2.24, 2.45) is 5.92 Å². The van der Waals surface area contributed by atoms with Gasteiger partial charge in [-0.25, -0.2) is 0 Å². The van der Waals surface area contributed by atoms with Gasteiger partial charge in [0.1, 0.15) is 11.5 Å². The summed E-state index contributed by atoms with van der Waals surface area (Å²) < 4.78 is 48.1. The Bertz CT molecular complexity index is 962. The average molecular weight is 436 g/mol. The standard InChI is InChI=1S/C22H23F3N2O4/c1-3-30-18-7-5-4-6-17(18)27-12-15(11-20(27)28)21(29)26-16-9-8-14(2)10-19(16)31-13-22(23,24)25/h4-10,15H,3,11-13H2,1-2H3,(H,26,29). The van der Waals surface area contributed by atoms with Crippen LogP contribution in [-0.4, -0.2) is 37.7 Å². The zero-order valence-electron chi connectivity index (χ0n) is 17.2. The minimum absolute atomic E-state index is 0.0170. The van der Waals surface area contributed by atoms with Crippen LogP contribution < -0.4 is 19.7 Å². The lowest BCUT2D eigenvalue weighted by atomic mass is 10.1. The zero-order valence-corrected chi connectivity index (χ0v) is 17.2. The lowest BCUT2D eigenvalue weighted by Crippen LogP contribution is -2.28. The lowest BCUT2D eigenvalue weighted by molar-refractivity contribution is -0.153. The fraction of sp³-hybridized carbons (Fsp3) is 0.364. The maximum Gasteiger partial charge on any atom is 0.422 e. The third-order valence-electron chi connectivity index (χ3n) is 4.74. The van der Waals surface area contributed by atoms with Crippen LogP contribution in [0.15, 0.2) is 42.5 Å². The van der Waals surface area contributed by atoms with Crippen molar-refractivity contribution in [3.63, 3.8) is 0 Å². The van der Waals surface area contributed by atoms with Gasteiger partial charge in [-0.05, 0) is 43.7 Å². The molecule has 0 aromatic heterocycles. The Labute approximate surface area is 177 Å². The van der Waals surface area contributed by atoms with Gasteiger partial charge in [0.15, 0.2) is 6.61 Å². The number of halogens is 3. The highest BCUT2D eigenvalue weighted by molar-refractivity contribution is 6.04. The number of alkyl halides is 3. The fourth-order valence-electron chi connectivity index (χ4n) is 3.32. The molecule has 166 valence electrons. The molecule has 0 spiro atoms. The van der Waals surface area contributed by atoms with Gasteiger partial charge in [-0.15, -0.1) is 0 Å². The zero-order chi connectivity index (χ0) is 22.6. The lowest BCUT2D eigenvalue weighted by Gasteiger charge is -2.20. The first-order valence-corrected chi connectivity index (χ1v) is 9.81. The summed E-state index contributed by atoms with van der Waals surface area (Å²) in [7, 11) is 0. The Morgan fingerprint density at radius 2 is 1.90 bits per heavy atom. The van der Waals surface area contributed by atoms with E-state index in [0.29, 0.717) is 23.6 Å². The number of amides is 2. The maximum absolute atomic E-state index is 12.8.